The average molecular weight is 500 g/mol. The molecule has 0 saturated carbocycles. The standard InChI is InChI=1S/C22H21FN6O7/c1-8-6-28-14-10(4-22(16(28)9(2)35-8)18(30)25-20(32)26-19(22)31)3-12-15(13(14)23)36-27-17(12)29-11(5-24)7-34-21(29)33/h3,5,8-9,11,16,24H,4,6-7H2,1-2H3,(H2,25,26,30,31,32)/t8-,9+,11+,16?/m1/s1. The van der Waals surface area contributed by atoms with Crippen molar-refractivity contribution in [3.8, 4) is 0 Å². The molecule has 3 saturated heterocycles. The first kappa shape index (κ1) is 22.4. The second kappa shape index (κ2) is 7.46. The Hall–Kier alpha value is -4.07. The highest BCUT2D eigenvalue weighted by molar-refractivity contribution is 6.20. The molecule has 0 radical (unpaired) electrons. The minimum absolute atomic E-state index is 0.0460. The zero-order valence-corrected chi connectivity index (χ0v) is 19.2. The number of hydrogen-bond donors (Lipinski definition) is 3. The molecule has 13 nitrogen and oxygen atoms in total. The maximum atomic E-state index is 16.1. The van der Waals surface area contributed by atoms with Crippen molar-refractivity contribution in [3.63, 3.8) is 0 Å². The smallest absolute Gasteiger partial charge is 0.416 e. The summed E-state index contributed by atoms with van der Waals surface area (Å²) in [4.78, 5) is 53.5. The normalized spacial score (nSPS) is 29.1. The SMILES string of the molecule is C[C@@H]1CN2c3c(cc4c(N5C(=O)OC[C@@H]5C=N)noc4c3F)CC3(C(=O)NC(=O)NC3=O)C2[C@H](C)O1. The number of barbiturate groups is 1. The highest BCUT2D eigenvalue weighted by atomic mass is 19.1. The molecule has 3 N–H and O–H groups in total. The Morgan fingerprint density at radius 3 is 2.64 bits per heavy atom. The van der Waals surface area contributed by atoms with Crippen molar-refractivity contribution in [2.45, 2.75) is 44.6 Å². The van der Waals surface area contributed by atoms with Gasteiger partial charge in [0.05, 0.1) is 29.3 Å². The van der Waals surface area contributed by atoms with Crippen molar-refractivity contribution in [2.24, 2.45) is 5.41 Å². The van der Waals surface area contributed by atoms with Gasteiger partial charge in [0.15, 0.2) is 17.1 Å². The molecule has 0 aliphatic carbocycles. The van der Waals surface area contributed by atoms with Gasteiger partial charge in [-0.05, 0) is 25.5 Å². The summed E-state index contributed by atoms with van der Waals surface area (Å²) in [5, 5.41) is 16.0. The molecule has 14 heteroatoms. The Labute approximate surface area is 202 Å². The average Bonchev–Trinajstić information content (AvgIpc) is 3.39. The molecule has 5 amide bonds. The van der Waals surface area contributed by atoms with E-state index < -0.39 is 53.4 Å². The molecule has 1 aromatic heterocycles. The zero-order chi connectivity index (χ0) is 25.5. The summed E-state index contributed by atoms with van der Waals surface area (Å²) in [7, 11) is 0. The number of morpholine rings is 1. The number of hydrogen-bond acceptors (Lipinski definition) is 10. The van der Waals surface area contributed by atoms with Crippen molar-refractivity contribution < 1.29 is 37.6 Å². The number of cyclic esters (lactones) is 1. The second-order valence-electron chi connectivity index (χ2n) is 9.40. The first-order valence-corrected chi connectivity index (χ1v) is 11.3. The van der Waals surface area contributed by atoms with Crippen LogP contribution in [0.4, 0.5) is 25.5 Å². The van der Waals surface area contributed by atoms with Gasteiger partial charge in [-0.3, -0.25) is 20.2 Å². The van der Waals surface area contributed by atoms with Crippen LogP contribution in [0.2, 0.25) is 0 Å². The number of nitrogens with zero attached hydrogens (tertiary/aromatic N) is 3. The summed E-state index contributed by atoms with van der Waals surface area (Å²) in [6, 6.07) is -1.09. The van der Waals surface area contributed by atoms with Gasteiger partial charge in [-0.25, -0.2) is 18.9 Å². The number of imide groups is 2. The fourth-order valence-electron chi connectivity index (χ4n) is 5.91. The minimum atomic E-state index is -1.79. The summed E-state index contributed by atoms with van der Waals surface area (Å²) in [6.07, 6.45) is -1.03. The topological polar surface area (TPSA) is 167 Å². The Bertz CT molecular complexity index is 1350. The maximum absolute atomic E-state index is 16.1. The van der Waals surface area contributed by atoms with E-state index in [1.807, 2.05) is 0 Å². The van der Waals surface area contributed by atoms with Crippen LogP contribution in [0.15, 0.2) is 10.6 Å². The third-order valence-electron chi connectivity index (χ3n) is 7.27. The fraction of sp³-hybridized carbons (Fsp3) is 0.455. The quantitative estimate of drug-likeness (QED) is 0.400. The Morgan fingerprint density at radius 1 is 1.22 bits per heavy atom. The van der Waals surface area contributed by atoms with Gasteiger partial charge in [-0.2, -0.15) is 0 Å². The fourth-order valence-corrected chi connectivity index (χ4v) is 5.91. The zero-order valence-electron chi connectivity index (χ0n) is 19.2. The van der Waals surface area contributed by atoms with Crippen molar-refractivity contribution in [1.82, 2.24) is 15.8 Å². The number of rotatable bonds is 2. The Balaban J connectivity index is 1.58. The molecule has 4 atom stereocenters. The lowest BCUT2D eigenvalue weighted by Crippen LogP contribution is -2.75. The predicted octanol–water partition coefficient (Wildman–Crippen LogP) is 0.832. The number of carbonyl (C=O) groups excluding carboxylic acids is 4. The third-order valence-corrected chi connectivity index (χ3v) is 7.27. The molecule has 2 aromatic rings. The van der Waals surface area contributed by atoms with E-state index >= 15 is 4.39 Å². The first-order valence-electron chi connectivity index (χ1n) is 11.3. The summed E-state index contributed by atoms with van der Waals surface area (Å²) in [5.41, 5.74) is -1.59. The van der Waals surface area contributed by atoms with Crippen LogP contribution >= 0.6 is 0 Å². The van der Waals surface area contributed by atoms with Crippen molar-refractivity contribution in [1.29, 1.82) is 5.41 Å². The van der Waals surface area contributed by atoms with E-state index in [0.29, 0.717) is 5.56 Å². The summed E-state index contributed by atoms with van der Waals surface area (Å²) in [5.74, 6) is -2.43. The number of amides is 5. The number of anilines is 2. The van der Waals surface area contributed by atoms with E-state index in [-0.39, 0.29) is 48.2 Å². The lowest BCUT2D eigenvalue weighted by Gasteiger charge is -2.55. The highest BCUT2D eigenvalue weighted by Crippen LogP contribution is 2.49. The molecule has 1 unspecified atom stereocenters. The summed E-state index contributed by atoms with van der Waals surface area (Å²) < 4.78 is 32.4. The number of nitrogens with one attached hydrogen (secondary N) is 3. The molecular weight excluding hydrogens is 479 g/mol. The largest absolute Gasteiger partial charge is 0.446 e. The lowest BCUT2D eigenvalue weighted by atomic mass is 9.66. The summed E-state index contributed by atoms with van der Waals surface area (Å²) >= 11 is 0. The minimum Gasteiger partial charge on any atom is -0.446 e. The molecule has 3 fully saturated rings. The van der Waals surface area contributed by atoms with Gasteiger partial charge in [0.1, 0.15) is 12.6 Å². The maximum Gasteiger partial charge on any atom is 0.416 e. The molecule has 6 rings (SSSR count). The number of benzene rings is 1. The van der Waals surface area contributed by atoms with Gasteiger partial charge in [0.2, 0.25) is 17.4 Å². The second-order valence-corrected chi connectivity index (χ2v) is 9.40. The van der Waals surface area contributed by atoms with Crippen LogP contribution in [0.5, 0.6) is 0 Å². The van der Waals surface area contributed by atoms with Crippen LogP contribution in [-0.2, 0) is 25.5 Å². The van der Waals surface area contributed by atoms with Gasteiger partial charge in [0.25, 0.3) is 0 Å². The van der Waals surface area contributed by atoms with Crippen LogP contribution in [-0.4, -0.2) is 72.8 Å². The Morgan fingerprint density at radius 2 is 1.94 bits per heavy atom. The van der Waals surface area contributed by atoms with Gasteiger partial charge < -0.3 is 24.3 Å². The number of ether oxygens (including phenoxy) is 2. The van der Waals surface area contributed by atoms with E-state index in [1.54, 1.807) is 18.7 Å². The van der Waals surface area contributed by atoms with Crippen LogP contribution < -0.4 is 20.4 Å². The van der Waals surface area contributed by atoms with Crippen molar-refractivity contribution in [2.75, 3.05) is 23.0 Å². The number of carbonyl (C=O) groups is 4. The van der Waals surface area contributed by atoms with Gasteiger partial charge in [0, 0.05) is 19.2 Å². The molecule has 4 aliphatic rings. The van der Waals surface area contributed by atoms with Crippen LogP contribution in [0.25, 0.3) is 11.0 Å². The van der Waals surface area contributed by atoms with Crippen molar-refractivity contribution >= 4 is 52.6 Å². The van der Waals surface area contributed by atoms with Gasteiger partial charge >= 0.3 is 12.1 Å². The van der Waals surface area contributed by atoms with E-state index in [4.69, 9.17) is 19.4 Å². The van der Waals surface area contributed by atoms with E-state index in [2.05, 4.69) is 15.8 Å². The number of urea groups is 1. The van der Waals surface area contributed by atoms with Crippen LogP contribution in [0.1, 0.15) is 19.4 Å². The molecule has 5 heterocycles. The molecular formula is C22H21FN6O7. The number of aromatic nitrogens is 1. The highest BCUT2D eigenvalue weighted by Gasteiger charge is 2.63. The first-order chi connectivity index (χ1) is 17.2. The van der Waals surface area contributed by atoms with E-state index in [1.165, 1.54) is 6.07 Å². The Kier molecular flexibility index (Phi) is 4.64. The molecule has 1 spiro atoms. The summed E-state index contributed by atoms with van der Waals surface area (Å²) in [6.45, 7) is 3.57. The van der Waals surface area contributed by atoms with Crippen LogP contribution in [0.3, 0.4) is 0 Å². The van der Waals surface area contributed by atoms with Crippen LogP contribution in [0, 0.1) is 16.6 Å². The number of halogens is 1. The van der Waals surface area contributed by atoms with Crippen molar-refractivity contribution in [3.05, 3.63) is 17.4 Å². The monoisotopic (exact) mass is 500 g/mol. The number of fused-ring (bicyclic) bond motifs is 5. The predicted molar refractivity (Wildman–Crippen MR) is 119 cm³/mol. The molecule has 188 valence electrons. The molecule has 0 bridgehead atoms. The van der Waals surface area contributed by atoms with Gasteiger partial charge in [-0.15, -0.1) is 0 Å². The third kappa shape index (κ3) is 2.78. The molecule has 1 aromatic carbocycles. The molecule has 4 aliphatic heterocycles. The van der Waals surface area contributed by atoms with E-state index in [0.717, 1.165) is 11.1 Å². The lowest BCUT2D eigenvalue weighted by molar-refractivity contribution is -0.153. The molecule has 36 heavy (non-hydrogen) atoms. The van der Waals surface area contributed by atoms with E-state index in [9.17, 15) is 19.2 Å². The van der Waals surface area contributed by atoms with Gasteiger partial charge in [-0.1, -0.05) is 5.16 Å².